The van der Waals surface area contributed by atoms with Crippen molar-refractivity contribution >= 4 is 11.6 Å². The molecule has 0 amide bonds. The monoisotopic (exact) mass is 363 g/mol. The molecule has 26 heavy (non-hydrogen) atoms. The summed E-state index contributed by atoms with van der Waals surface area (Å²) in [5.41, 5.74) is 3.72. The third kappa shape index (κ3) is 4.60. The highest BCUT2D eigenvalue weighted by molar-refractivity contribution is 6.30. The molecule has 130 valence electrons. The molecule has 1 heterocycles. The van der Waals surface area contributed by atoms with Crippen molar-refractivity contribution < 1.29 is 5.11 Å². The van der Waals surface area contributed by atoms with E-state index in [0.717, 1.165) is 22.3 Å². The Morgan fingerprint density at radius 1 is 1.08 bits per heavy atom. The zero-order valence-electron chi connectivity index (χ0n) is 14.3. The Morgan fingerprint density at radius 3 is 2.54 bits per heavy atom. The molecule has 0 saturated carbocycles. The lowest BCUT2D eigenvalue weighted by atomic mass is 10.1. The fourth-order valence-corrected chi connectivity index (χ4v) is 2.71. The van der Waals surface area contributed by atoms with Crippen molar-refractivity contribution in [2.75, 3.05) is 6.54 Å². The van der Waals surface area contributed by atoms with Gasteiger partial charge in [0.05, 0.1) is 6.54 Å². The van der Waals surface area contributed by atoms with E-state index in [1.807, 2.05) is 31.2 Å². The van der Waals surface area contributed by atoms with Crippen molar-refractivity contribution in [1.82, 2.24) is 15.3 Å². The Balaban J connectivity index is 1.59. The van der Waals surface area contributed by atoms with Crippen molar-refractivity contribution in [2.45, 2.75) is 13.0 Å². The number of halogens is 1. The Kier molecular flexibility index (Phi) is 5.85. The lowest BCUT2D eigenvalue weighted by Crippen LogP contribution is -2.18. The largest absolute Gasteiger partial charge is 0.508 e. The Hall–Kier alpha value is -2.87. The van der Waals surface area contributed by atoms with Crippen LogP contribution in [0.25, 0.3) is 11.1 Å². The number of rotatable bonds is 4. The summed E-state index contributed by atoms with van der Waals surface area (Å²) in [6, 6.07) is 12.9. The highest BCUT2D eigenvalue weighted by Gasteiger charge is 2.09. The number of phenolic OH excluding ortho intramolecular Hbond substituents is 1. The molecule has 1 aromatic heterocycles. The number of aromatic nitrogens is 2. The maximum atomic E-state index is 9.92. The van der Waals surface area contributed by atoms with Gasteiger partial charge in [0.2, 0.25) is 0 Å². The highest BCUT2D eigenvalue weighted by Crippen LogP contribution is 2.26. The predicted octanol–water partition coefficient (Wildman–Crippen LogP) is 4.20. The van der Waals surface area contributed by atoms with E-state index in [-0.39, 0.29) is 11.8 Å². The normalized spacial score (nSPS) is 11.5. The predicted molar refractivity (Wildman–Crippen MR) is 104 cm³/mol. The first-order valence-electron chi connectivity index (χ1n) is 8.19. The van der Waals surface area contributed by atoms with Crippen LogP contribution in [0.4, 0.5) is 0 Å². The second-order valence-corrected chi connectivity index (χ2v) is 6.25. The van der Waals surface area contributed by atoms with Gasteiger partial charge in [-0.3, -0.25) is 5.32 Å². The average Bonchev–Trinajstić information content (AvgIpc) is 2.68. The van der Waals surface area contributed by atoms with Crippen LogP contribution in [0, 0.1) is 11.8 Å². The van der Waals surface area contributed by atoms with Crippen molar-refractivity contribution in [3.8, 4) is 28.7 Å². The SMILES string of the molecule is CC(NCC#Cc1ccc(-c2cncnc2)cc1)c1cc(Cl)ccc1O. The number of nitrogens with one attached hydrogen (secondary N) is 1. The van der Waals surface area contributed by atoms with Crippen LogP contribution < -0.4 is 5.32 Å². The smallest absolute Gasteiger partial charge is 0.120 e. The second-order valence-electron chi connectivity index (χ2n) is 5.81. The van der Waals surface area contributed by atoms with Crippen LogP contribution in [0.3, 0.4) is 0 Å². The molecule has 0 aliphatic heterocycles. The van der Waals surface area contributed by atoms with Crippen LogP contribution in [0.15, 0.2) is 61.2 Å². The van der Waals surface area contributed by atoms with Gasteiger partial charge in [0.15, 0.2) is 0 Å². The fourth-order valence-electron chi connectivity index (χ4n) is 2.53. The molecule has 2 aromatic carbocycles. The van der Waals surface area contributed by atoms with Crippen LogP contribution in [0.1, 0.15) is 24.1 Å². The topological polar surface area (TPSA) is 58.0 Å². The molecule has 3 aromatic rings. The molecule has 0 bridgehead atoms. The first-order valence-corrected chi connectivity index (χ1v) is 8.57. The molecule has 0 fully saturated rings. The lowest BCUT2D eigenvalue weighted by Gasteiger charge is -2.14. The maximum absolute atomic E-state index is 9.92. The van der Waals surface area contributed by atoms with Gasteiger partial charge in [-0.1, -0.05) is 35.6 Å². The third-order valence-electron chi connectivity index (χ3n) is 3.96. The number of aromatic hydroxyl groups is 1. The molecule has 1 unspecified atom stereocenters. The average molecular weight is 364 g/mol. The van der Waals surface area contributed by atoms with Crippen LogP contribution >= 0.6 is 11.6 Å². The fraction of sp³-hybridized carbons (Fsp3) is 0.143. The van der Waals surface area contributed by atoms with Gasteiger partial charge >= 0.3 is 0 Å². The molecule has 4 nitrogen and oxygen atoms in total. The molecule has 0 saturated heterocycles. The highest BCUT2D eigenvalue weighted by atomic mass is 35.5. The molecule has 1 atom stereocenters. The Labute approximate surface area is 157 Å². The standard InChI is InChI=1S/C21H18ClN3O/c1-15(20-11-19(22)8-9-21(20)26)25-10-2-3-16-4-6-17(7-5-16)18-12-23-14-24-13-18/h4-9,11-15,25-26H,10H2,1H3. The first-order chi connectivity index (χ1) is 12.6. The summed E-state index contributed by atoms with van der Waals surface area (Å²) in [6.45, 7) is 2.46. The molecular weight excluding hydrogens is 346 g/mol. The number of hydrogen-bond donors (Lipinski definition) is 2. The third-order valence-corrected chi connectivity index (χ3v) is 4.20. The van der Waals surface area contributed by atoms with Gasteiger partial charge in [-0.15, -0.1) is 0 Å². The first kappa shape index (κ1) is 17.9. The minimum Gasteiger partial charge on any atom is -0.508 e. The van der Waals surface area contributed by atoms with Crippen LogP contribution in [0.5, 0.6) is 5.75 Å². The lowest BCUT2D eigenvalue weighted by molar-refractivity contribution is 0.456. The number of nitrogens with zero attached hydrogens (tertiary/aromatic N) is 2. The molecule has 0 spiro atoms. The van der Waals surface area contributed by atoms with Crippen LogP contribution in [-0.2, 0) is 0 Å². The summed E-state index contributed by atoms with van der Waals surface area (Å²) in [6.07, 6.45) is 5.08. The molecule has 3 rings (SSSR count). The summed E-state index contributed by atoms with van der Waals surface area (Å²) in [4.78, 5) is 8.05. The van der Waals surface area contributed by atoms with Crippen LogP contribution in [-0.4, -0.2) is 21.6 Å². The van der Waals surface area contributed by atoms with Gasteiger partial charge in [0, 0.05) is 40.1 Å². The molecule has 2 N–H and O–H groups in total. The Morgan fingerprint density at radius 2 is 1.81 bits per heavy atom. The summed E-state index contributed by atoms with van der Waals surface area (Å²) < 4.78 is 0. The summed E-state index contributed by atoms with van der Waals surface area (Å²) in [5, 5.41) is 13.8. The van der Waals surface area contributed by atoms with Gasteiger partial charge in [-0.05, 0) is 42.8 Å². The zero-order valence-corrected chi connectivity index (χ0v) is 15.0. The van der Waals surface area contributed by atoms with Gasteiger partial charge < -0.3 is 5.11 Å². The van der Waals surface area contributed by atoms with Crippen molar-refractivity contribution in [1.29, 1.82) is 0 Å². The number of hydrogen-bond acceptors (Lipinski definition) is 4. The van der Waals surface area contributed by atoms with E-state index in [4.69, 9.17) is 11.6 Å². The van der Waals surface area contributed by atoms with Gasteiger partial charge in [0.25, 0.3) is 0 Å². The van der Waals surface area contributed by atoms with E-state index >= 15 is 0 Å². The maximum Gasteiger partial charge on any atom is 0.120 e. The number of benzene rings is 2. The van der Waals surface area contributed by atoms with Crippen molar-refractivity contribution in [2.24, 2.45) is 0 Å². The number of phenols is 1. The minimum absolute atomic E-state index is 0.0524. The van der Waals surface area contributed by atoms with Gasteiger partial charge in [-0.2, -0.15) is 0 Å². The van der Waals surface area contributed by atoms with Crippen molar-refractivity contribution in [3.63, 3.8) is 0 Å². The van der Waals surface area contributed by atoms with Gasteiger partial charge in [-0.25, -0.2) is 9.97 Å². The quantitative estimate of drug-likeness (QED) is 0.682. The van der Waals surface area contributed by atoms with E-state index in [2.05, 4.69) is 27.1 Å². The molecule has 5 heteroatoms. The molecule has 0 aliphatic rings. The van der Waals surface area contributed by atoms with Crippen molar-refractivity contribution in [3.05, 3.63) is 77.3 Å². The van der Waals surface area contributed by atoms with E-state index in [0.29, 0.717) is 11.6 Å². The van der Waals surface area contributed by atoms with E-state index in [9.17, 15) is 5.11 Å². The van der Waals surface area contributed by atoms with Gasteiger partial charge in [0.1, 0.15) is 12.1 Å². The Bertz CT molecular complexity index is 931. The summed E-state index contributed by atoms with van der Waals surface area (Å²) in [7, 11) is 0. The molecule has 0 radical (unpaired) electrons. The summed E-state index contributed by atoms with van der Waals surface area (Å²) in [5.74, 6) is 6.44. The zero-order chi connectivity index (χ0) is 18.4. The summed E-state index contributed by atoms with van der Waals surface area (Å²) >= 11 is 5.98. The van der Waals surface area contributed by atoms with E-state index in [1.165, 1.54) is 6.33 Å². The minimum atomic E-state index is -0.0524. The molecular formula is C21H18ClN3O. The second kappa shape index (κ2) is 8.48. The van der Waals surface area contributed by atoms with Crippen LogP contribution in [0.2, 0.25) is 5.02 Å². The van der Waals surface area contributed by atoms with E-state index in [1.54, 1.807) is 30.6 Å². The molecule has 0 aliphatic carbocycles. The van der Waals surface area contributed by atoms with E-state index < -0.39 is 0 Å².